The van der Waals surface area contributed by atoms with Gasteiger partial charge < -0.3 is 9.84 Å². The molecule has 1 aliphatic heterocycles. The Morgan fingerprint density at radius 3 is 3.05 bits per heavy atom. The molecule has 3 rings (SSSR count). The number of aliphatic hydroxyl groups is 1. The van der Waals surface area contributed by atoms with Crippen LogP contribution in [0.4, 0.5) is 4.39 Å². The average molecular weight is 336 g/mol. The number of ether oxygens (including phenoxy) is 1. The highest BCUT2D eigenvalue weighted by Crippen LogP contribution is 2.43. The van der Waals surface area contributed by atoms with Crippen LogP contribution >= 0.6 is 23.4 Å². The Bertz CT molecular complexity index is 751. The lowest BCUT2D eigenvalue weighted by Crippen LogP contribution is -2.12. The molecular formula is C16H11ClFNO2S. The van der Waals surface area contributed by atoms with Crippen LogP contribution in [0.25, 0.3) is 0 Å². The van der Waals surface area contributed by atoms with Crippen molar-refractivity contribution >= 4 is 23.4 Å². The first-order valence-electron chi connectivity index (χ1n) is 6.55. The van der Waals surface area contributed by atoms with E-state index in [0.717, 1.165) is 4.90 Å². The number of allylic oxidation sites excluding steroid dienone is 4. The molecule has 0 amide bonds. The van der Waals surface area contributed by atoms with Crippen LogP contribution in [-0.2, 0) is 0 Å². The predicted octanol–water partition coefficient (Wildman–Crippen LogP) is 3.99. The van der Waals surface area contributed by atoms with Gasteiger partial charge in [0.1, 0.15) is 29.3 Å². The van der Waals surface area contributed by atoms with E-state index in [4.69, 9.17) is 16.3 Å². The summed E-state index contributed by atoms with van der Waals surface area (Å²) in [6, 6.07) is 5.59. The highest BCUT2D eigenvalue weighted by Gasteiger charge is 2.27. The van der Waals surface area contributed by atoms with Gasteiger partial charge >= 0.3 is 0 Å². The third-order valence-corrected chi connectivity index (χ3v) is 4.70. The standard InChI is InChI=1S/C16H11ClFNO2S/c17-9-5-10(18)1-2-11(6-9)21-14-3-4-15-16(12(14)7-19)13(20)8-22-15/h1-6,11,13,20H,8H2. The van der Waals surface area contributed by atoms with E-state index in [2.05, 4.69) is 6.07 Å². The first-order valence-corrected chi connectivity index (χ1v) is 7.92. The molecule has 2 aliphatic rings. The molecule has 2 unspecified atom stereocenters. The summed E-state index contributed by atoms with van der Waals surface area (Å²) >= 11 is 7.39. The van der Waals surface area contributed by atoms with Crippen LogP contribution in [0.1, 0.15) is 17.2 Å². The Morgan fingerprint density at radius 2 is 2.27 bits per heavy atom. The monoisotopic (exact) mass is 335 g/mol. The van der Waals surface area contributed by atoms with Crippen LogP contribution < -0.4 is 4.74 Å². The molecule has 6 heteroatoms. The molecule has 112 valence electrons. The lowest BCUT2D eigenvalue weighted by Gasteiger charge is -2.16. The van der Waals surface area contributed by atoms with Gasteiger partial charge in [0.05, 0.1) is 6.10 Å². The van der Waals surface area contributed by atoms with Crippen LogP contribution in [-0.4, -0.2) is 17.0 Å². The minimum Gasteiger partial charge on any atom is -0.481 e. The predicted molar refractivity (Wildman–Crippen MR) is 83.5 cm³/mol. The van der Waals surface area contributed by atoms with Gasteiger partial charge in [-0.25, -0.2) is 4.39 Å². The molecule has 0 bridgehead atoms. The first-order chi connectivity index (χ1) is 10.6. The molecule has 3 nitrogen and oxygen atoms in total. The quantitative estimate of drug-likeness (QED) is 0.887. The summed E-state index contributed by atoms with van der Waals surface area (Å²) in [5, 5.41) is 19.6. The van der Waals surface area contributed by atoms with Gasteiger partial charge in [0.2, 0.25) is 0 Å². The third kappa shape index (κ3) is 2.91. The summed E-state index contributed by atoms with van der Waals surface area (Å²) in [6.07, 6.45) is 4.25. The summed E-state index contributed by atoms with van der Waals surface area (Å²) in [5.74, 6) is 0.409. The number of aliphatic hydroxyl groups excluding tert-OH is 1. The Hall–Kier alpha value is -1.74. The molecule has 1 aromatic rings. The molecule has 1 heterocycles. The maximum atomic E-state index is 13.3. The van der Waals surface area contributed by atoms with Crippen LogP contribution in [0.2, 0.25) is 0 Å². The lowest BCUT2D eigenvalue weighted by atomic mass is 10.0. The normalized spacial score (nSPS) is 23.2. The molecule has 0 saturated heterocycles. The number of hydrogen-bond donors (Lipinski definition) is 1. The Labute approximate surface area is 136 Å². The van der Waals surface area contributed by atoms with Gasteiger partial charge in [-0.15, -0.1) is 11.8 Å². The maximum absolute atomic E-state index is 13.3. The van der Waals surface area contributed by atoms with Gasteiger partial charge in [0, 0.05) is 21.2 Å². The number of nitriles is 1. The van der Waals surface area contributed by atoms with Crippen molar-refractivity contribution in [1.29, 1.82) is 5.26 Å². The second-order valence-electron chi connectivity index (χ2n) is 4.81. The molecule has 1 N–H and O–H groups in total. The molecule has 22 heavy (non-hydrogen) atoms. The largest absolute Gasteiger partial charge is 0.481 e. The summed E-state index contributed by atoms with van der Waals surface area (Å²) in [6.45, 7) is 0. The minimum absolute atomic E-state index is 0.225. The summed E-state index contributed by atoms with van der Waals surface area (Å²) in [5.41, 5.74) is 0.910. The third-order valence-electron chi connectivity index (χ3n) is 3.32. The fourth-order valence-corrected chi connectivity index (χ4v) is 3.64. The molecule has 2 atom stereocenters. The number of fused-ring (bicyclic) bond motifs is 1. The zero-order valence-corrected chi connectivity index (χ0v) is 12.9. The van der Waals surface area contributed by atoms with Crippen molar-refractivity contribution in [3.05, 3.63) is 58.4 Å². The highest BCUT2D eigenvalue weighted by atomic mass is 35.5. The van der Waals surface area contributed by atoms with E-state index in [1.54, 1.807) is 12.1 Å². The fourth-order valence-electron chi connectivity index (χ4n) is 2.35. The highest BCUT2D eigenvalue weighted by molar-refractivity contribution is 7.99. The van der Waals surface area contributed by atoms with Crippen molar-refractivity contribution in [3.63, 3.8) is 0 Å². The van der Waals surface area contributed by atoms with E-state index in [1.807, 2.05) is 6.07 Å². The Kier molecular flexibility index (Phi) is 4.25. The molecular weight excluding hydrogens is 325 g/mol. The van der Waals surface area contributed by atoms with Crippen LogP contribution in [0.15, 0.2) is 52.2 Å². The van der Waals surface area contributed by atoms with Crippen molar-refractivity contribution < 1.29 is 14.2 Å². The number of thioether (sulfide) groups is 1. The van der Waals surface area contributed by atoms with Crippen molar-refractivity contribution in [3.8, 4) is 11.8 Å². The van der Waals surface area contributed by atoms with Gasteiger partial charge in [0.25, 0.3) is 0 Å². The second kappa shape index (κ2) is 6.17. The average Bonchev–Trinajstić information content (AvgIpc) is 2.77. The zero-order chi connectivity index (χ0) is 15.7. The van der Waals surface area contributed by atoms with Crippen molar-refractivity contribution in [1.82, 2.24) is 0 Å². The summed E-state index contributed by atoms with van der Waals surface area (Å²) < 4.78 is 19.0. The second-order valence-corrected chi connectivity index (χ2v) is 6.31. The van der Waals surface area contributed by atoms with E-state index in [9.17, 15) is 14.8 Å². The number of benzene rings is 1. The summed E-state index contributed by atoms with van der Waals surface area (Å²) in [4.78, 5) is 0.883. The van der Waals surface area contributed by atoms with Gasteiger partial charge in [-0.2, -0.15) is 5.26 Å². The van der Waals surface area contributed by atoms with E-state index in [1.165, 1.54) is 30.0 Å². The van der Waals surface area contributed by atoms with E-state index in [-0.39, 0.29) is 5.03 Å². The van der Waals surface area contributed by atoms with E-state index in [0.29, 0.717) is 22.6 Å². The van der Waals surface area contributed by atoms with Crippen molar-refractivity contribution in [2.45, 2.75) is 17.1 Å². The molecule has 0 spiro atoms. The van der Waals surface area contributed by atoms with E-state index >= 15 is 0 Å². The van der Waals surface area contributed by atoms with Gasteiger partial charge in [-0.1, -0.05) is 11.6 Å². The fraction of sp³-hybridized carbons (Fsp3) is 0.188. The van der Waals surface area contributed by atoms with Crippen molar-refractivity contribution in [2.24, 2.45) is 0 Å². The SMILES string of the molecule is N#Cc1c(OC2C=CC(F)=CC(Cl)=C2)ccc2c1C(O)CS2. The van der Waals surface area contributed by atoms with Crippen LogP contribution in [0.5, 0.6) is 5.75 Å². The molecule has 0 saturated carbocycles. The van der Waals surface area contributed by atoms with Crippen LogP contribution in [0, 0.1) is 11.3 Å². The molecule has 0 radical (unpaired) electrons. The summed E-state index contributed by atoms with van der Waals surface area (Å²) in [7, 11) is 0. The first kappa shape index (κ1) is 15.2. The minimum atomic E-state index is -0.680. The lowest BCUT2D eigenvalue weighted by molar-refractivity contribution is 0.203. The molecule has 1 aromatic carbocycles. The smallest absolute Gasteiger partial charge is 0.138 e. The molecule has 0 aromatic heterocycles. The Morgan fingerprint density at radius 1 is 1.45 bits per heavy atom. The number of halogens is 2. The number of hydrogen-bond acceptors (Lipinski definition) is 4. The van der Waals surface area contributed by atoms with Crippen LogP contribution in [0.3, 0.4) is 0 Å². The van der Waals surface area contributed by atoms with Gasteiger partial charge in [-0.05, 0) is 36.4 Å². The Balaban J connectivity index is 1.94. The molecule has 1 aliphatic carbocycles. The molecule has 0 fully saturated rings. The topological polar surface area (TPSA) is 53.2 Å². The number of rotatable bonds is 2. The number of nitrogens with zero attached hydrogens (tertiary/aromatic N) is 1. The van der Waals surface area contributed by atoms with Crippen molar-refractivity contribution in [2.75, 3.05) is 5.75 Å². The van der Waals surface area contributed by atoms with E-state index < -0.39 is 18.0 Å². The maximum Gasteiger partial charge on any atom is 0.138 e. The zero-order valence-electron chi connectivity index (χ0n) is 11.3. The van der Waals surface area contributed by atoms with Gasteiger partial charge in [0.15, 0.2) is 0 Å². The van der Waals surface area contributed by atoms with Gasteiger partial charge in [-0.3, -0.25) is 0 Å².